The average molecular weight is 320 g/mol. The van der Waals surface area contributed by atoms with Crippen LogP contribution in [0.2, 0.25) is 0 Å². The van der Waals surface area contributed by atoms with Crippen molar-refractivity contribution in [2.75, 3.05) is 13.2 Å². The van der Waals surface area contributed by atoms with Crippen molar-refractivity contribution in [1.29, 1.82) is 0 Å². The first kappa shape index (κ1) is 17.5. The molecular formula is C12H17FN2O5S. The molecule has 0 heterocycles. The molecule has 1 unspecified atom stereocenters. The van der Waals surface area contributed by atoms with E-state index < -0.39 is 31.3 Å². The Balaban J connectivity index is 2.72. The monoisotopic (exact) mass is 320 g/mol. The number of nitro groups is 1. The van der Waals surface area contributed by atoms with Crippen LogP contribution in [0.4, 0.5) is 10.1 Å². The molecule has 1 aromatic rings. The molecule has 9 heteroatoms. The Bertz CT molecular complexity index is 606. The van der Waals surface area contributed by atoms with E-state index in [1.807, 2.05) is 6.92 Å². The van der Waals surface area contributed by atoms with Gasteiger partial charge >= 0.3 is 0 Å². The van der Waals surface area contributed by atoms with Gasteiger partial charge in [-0.2, -0.15) is 0 Å². The molecule has 0 aliphatic heterocycles. The minimum atomic E-state index is -4.05. The summed E-state index contributed by atoms with van der Waals surface area (Å²) in [7, 11) is -4.05. The van der Waals surface area contributed by atoms with Crippen LogP contribution in [0, 0.1) is 21.8 Å². The molecule has 0 radical (unpaired) electrons. The van der Waals surface area contributed by atoms with Crippen LogP contribution in [-0.2, 0) is 10.0 Å². The highest BCUT2D eigenvalue weighted by Gasteiger charge is 2.21. The number of halogens is 1. The first-order valence-electron chi connectivity index (χ1n) is 6.32. The first-order chi connectivity index (χ1) is 9.77. The van der Waals surface area contributed by atoms with Gasteiger partial charge in [-0.3, -0.25) is 10.1 Å². The van der Waals surface area contributed by atoms with Gasteiger partial charge in [-0.05, 0) is 24.8 Å². The van der Waals surface area contributed by atoms with Gasteiger partial charge in [0.1, 0.15) is 10.7 Å². The first-order valence-corrected chi connectivity index (χ1v) is 7.80. The van der Waals surface area contributed by atoms with Gasteiger partial charge in [0.05, 0.1) is 11.0 Å². The van der Waals surface area contributed by atoms with Crippen LogP contribution in [0.25, 0.3) is 0 Å². The summed E-state index contributed by atoms with van der Waals surface area (Å²) in [5.74, 6) is -1.11. The zero-order valence-electron chi connectivity index (χ0n) is 11.5. The minimum Gasteiger partial charge on any atom is -0.396 e. The molecule has 0 spiro atoms. The molecule has 7 nitrogen and oxygen atoms in total. The molecule has 0 saturated carbocycles. The third-order valence-corrected chi connectivity index (χ3v) is 4.39. The summed E-state index contributed by atoms with van der Waals surface area (Å²) in [6.07, 6.45) is 1.12. The van der Waals surface area contributed by atoms with Crippen molar-refractivity contribution in [3.8, 4) is 0 Å². The van der Waals surface area contributed by atoms with Crippen LogP contribution in [0.15, 0.2) is 23.1 Å². The van der Waals surface area contributed by atoms with Crippen molar-refractivity contribution < 1.29 is 22.8 Å². The topological polar surface area (TPSA) is 110 Å². The summed E-state index contributed by atoms with van der Waals surface area (Å²) in [4.78, 5) is 9.05. The lowest BCUT2D eigenvalue weighted by Crippen LogP contribution is -2.26. The van der Waals surface area contributed by atoms with Crippen LogP contribution < -0.4 is 4.72 Å². The van der Waals surface area contributed by atoms with Crippen molar-refractivity contribution in [1.82, 2.24) is 4.72 Å². The molecule has 2 N–H and O–H groups in total. The van der Waals surface area contributed by atoms with E-state index in [4.69, 9.17) is 5.11 Å². The van der Waals surface area contributed by atoms with Gasteiger partial charge in [0.15, 0.2) is 0 Å². The second kappa shape index (κ2) is 7.43. The number of aliphatic hydroxyl groups is 1. The Kier molecular flexibility index (Phi) is 6.19. The SMILES string of the molecule is CC(CO)CCCNS(=O)(=O)c1ccc([N+](=O)[O-])cc1F. The van der Waals surface area contributed by atoms with Crippen LogP contribution in [-0.4, -0.2) is 31.6 Å². The van der Waals surface area contributed by atoms with E-state index in [9.17, 15) is 22.9 Å². The molecule has 0 aliphatic rings. The number of hydrogen-bond donors (Lipinski definition) is 2. The summed E-state index contributed by atoms with van der Waals surface area (Å²) in [5, 5.41) is 19.3. The molecule has 21 heavy (non-hydrogen) atoms. The van der Waals surface area contributed by atoms with Crippen LogP contribution in [0.3, 0.4) is 0 Å². The summed E-state index contributed by atoms with van der Waals surface area (Å²) >= 11 is 0. The lowest BCUT2D eigenvalue weighted by Gasteiger charge is -2.09. The predicted molar refractivity (Wildman–Crippen MR) is 73.7 cm³/mol. The lowest BCUT2D eigenvalue weighted by atomic mass is 10.1. The van der Waals surface area contributed by atoms with Gasteiger partial charge < -0.3 is 5.11 Å². The number of sulfonamides is 1. The summed E-state index contributed by atoms with van der Waals surface area (Å²) in [6.45, 7) is 1.94. The Labute approximate surface area is 122 Å². The number of non-ortho nitro benzene ring substituents is 1. The summed E-state index contributed by atoms with van der Waals surface area (Å²) in [6, 6.07) is 2.38. The maximum absolute atomic E-state index is 13.6. The third kappa shape index (κ3) is 5.03. The molecule has 1 aromatic carbocycles. The van der Waals surface area contributed by atoms with Crippen LogP contribution >= 0.6 is 0 Å². The van der Waals surface area contributed by atoms with Gasteiger partial charge in [0.2, 0.25) is 10.0 Å². The molecule has 0 fully saturated rings. The number of benzene rings is 1. The smallest absolute Gasteiger partial charge is 0.272 e. The van der Waals surface area contributed by atoms with Crippen LogP contribution in [0.5, 0.6) is 0 Å². The van der Waals surface area contributed by atoms with Crippen LogP contribution in [0.1, 0.15) is 19.8 Å². The highest BCUT2D eigenvalue weighted by Crippen LogP contribution is 2.20. The Morgan fingerprint density at radius 1 is 1.48 bits per heavy atom. The largest absolute Gasteiger partial charge is 0.396 e. The zero-order chi connectivity index (χ0) is 16.0. The molecule has 0 bridgehead atoms. The average Bonchev–Trinajstić information content (AvgIpc) is 2.42. The fourth-order valence-electron chi connectivity index (χ4n) is 1.65. The Morgan fingerprint density at radius 3 is 2.67 bits per heavy atom. The lowest BCUT2D eigenvalue weighted by molar-refractivity contribution is -0.385. The van der Waals surface area contributed by atoms with E-state index >= 15 is 0 Å². The predicted octanol–water partition coefficient (Wildman–Crippen LogP) is 1.42. The number of hydrogen-bond acceptors (Lipinski definition) is 5. The quantitative estimate of drug-likeness (QED) is 0.428. The van der Waals surface area contributed by atoms with Gasteiger partial charge in [-0.25, -0.2) is 17.5 Å². The van der Waals surface area contributed by atoms with E-state index in [2.05, 4.69) is 4.72 Å². The molecule has 0 aromatic heterocycles. The number of rotatable bonds is 8. The second-order valence-corrected chi connectivity index (χ2v) is 6.43. The van der Waals surface area contributed by atoms with Gasteiger partial charge in [0.25, 0.3) is 5.69 Å². The van der Waals surface area contributed by atoms with Crippen molar-refractivity contribution in [2.45, 2.75) is 24.7 Å². The van der Waals surface area contributed by atoms with Crippen molar-refractivity contribution in [3.63, 3.8) is 0 Å². The van der Waals surface area contributed by atoms with E-state index in [1.54, 1.807) is 0 Å². The van der Waals surface area contributed by atoms with E-state index in [0.717, 1.165) is 12.1 Å². The number of aliphatic hydroxyl groups excluding tert-OH is 1. The minimum absolute atomic E-state index is 0.0176. The number of nitro benzene ring substituents is 1. The van der Waals surface area contributed by atoms with E-state index in [-0.39, 0.29) is 19.1 Å². The Morgan fingerprint density at radius 2 is 2.14 bits per heavy atom. The normalized spacial score (nSPS) is 13.1. The molecule has 0 saturated heterocycles. The fraction of sp³-hybridized carbons (Fsp3) is 0.500. The molecular weight excluding hydrogens is 303 g/mol. The van der Waals surface area contributed by atoms with Gasteiger partial charge in [-0.1, -0.05) is 6.92 Å². The standard InChI is InChI=1S/C12H17FN2O5S/c1-9(8-16)3-2-6-14-21(19,20)12-5-4-10(15(17)18)7-11(12)13/h4-5,7,9,14,16H,2-3,6,8H2,1H3. The number of nitrogens with zero attached hydrogens (tertiary/aromatic N) is 1. The molecule has 1 rings (SSSR count). The van der Waals surface area contributed by atoms with E-state index in [0.29, 0.717) is 18.9 Å². The highest BCUT2D eigenvalue weighted by molar-refractivity contribution is 7.89. The maximum atomic E-state index is 13.6. The van der Waals surface area contributed by atoms with Crippen molar-refractivity contribution in [2.24, 2.45) is 5.92 Å². The van der Waals surface area contributed by atoms with E-state index in [1.165, 1.54) is 0 Å². The van der Waals surface area contributed by atoms with Gasteiger partial charge in [-0.15, -0.1) is 0 Å². The maximum Gasteiger partial charge on any atom is 0.272 e. The third-order valence-electron chi connectivity index (χ3n) is 2.89. The summed E-state index contributed by atoms with van der Waals surface area (Å²) in [5.41, 5.74) is -0.511. The highest BCUT2D eigenvalue weighted by atomic mass is 32.2. The summed E-state index contributed by atoms with van der Waals surface area (Å²) < 4.78 is 39.6. The molecule has 1 atom stereocenters. The number of nitrogens with one attached hydrogen (secondary N) is 1. The van der Waals surface area contributed by atoms with Crippen molar-refractivity contribution >= 4 is 15.7 Å². The second-order valence-electron chi connectivity index (χ2n) is 4.70. The van der Waals surface area contributed by atoms with Gasteiger partial charge in [0, 0.05) is 19.2 Å². The molecule has 0 aliphatic carbocycles. The zero-order valence-corrected chi connectivity index (χ0v) is 12.3. The molecule has 118 valence electrons. The molecule has 0 amide bonds. The van der Waals surface area contributed by atoms with Crippen molar-refractivity contribution in [3.05, 3.63) is 34.1 Å². The fourth-order valence-corrected chi connectivity index (χ4v) is 2.78. The Hall–Kier alpha value is -1.58.